The van der Waals surface area contributed by atoms with E-state index < -0.39 is 0 Å². The van der Waals surface area contributed by atoms with Gasteiger partial charge in [-0.1, -0.05) is 0 Å². The number of nitrogens with one attached hydrogen (secondary N) is 1. The number of ether oxygens (including phenoxy) is 1. The van der Waals surface area contributed by atoms with Gasteiger partial charge in [0.15, 0.2) is 11.5 Å². The Morgan fingerprint density at radius 3 is 2.67 bits per heavy atom. The van der Waals surface area contributed by atoms with Gasteiger partial charge in [-0.3, -0.25) is 4.90 Å². The van der Waals surface area contributed by atoms with E-state index in [1.54, 1.807) is 0 Å². The Morgan fingerprint density at radius 1 is 1.39 bits per heavy atom. The predicted octanol–water partition coefficient (Wildman–Crippen LogP) is 1.51. The van der Waals surface area contributed by atoms with E-state index in [9.17, 15) is 9.50 Å². The first-order valence-corrected chi connectivity index (χ1v) is 6.14. The van der Waals surface area contributed by atoms with Crippen molar-refractivity contribution in [3.63, 3.8) is 0 Å². The molecule has 4 nitrogen and oxygen atoms in total. The zero-order valence-corrected chi connectivity index (χ0v) is 10.7. The molecule has 1 aliphatic rings. The Morgan fingerprint density at radius 2 is 2.06 bits per heavy atom. The molecule has 0 aliphatic carbocycles. The number of aromatic hydroxyl groups is 1. The molecular formula is C13H19FN2O2. The van der Waals surface area contributed by atoms with E-state index in [4.69, 9.17) is 4.74 Å². The van der Waals surface area contributed by atoms with Crippen LogP contribution in [0.4, 0.5) is 4.39 Å². The molecule has 0 spiro atoms. The van der Waals surface area contributed by atoms with E-state index >= 15 is 0 Å². The molecule has 0 radical (unpaired) electrons. The van der Waals surface area contributed by atoms with Crippen molar-refractivity contribution in [1.82, 2.24) is 10.2 Å². The quantitative estimate of drug-likeness (QED) is 0.858. The van der Waals surface area contributed by atoms with Crippen molar-refractivity contribution in [2.45, 2.75) is 13.0 Å². The van der Waals surface area contributed by atoms with Gasteiger partial charge in [0.05, 0.1) is 7.11 Å². The second-order valence-corrected chi connectivity index (χ2v) is 4.51. The minimum atomic E-state index is -0.387. The molecule has 2 N–H and O–H groups in total. The zero-order chi connectivity index (χ0) is 13.1. The monoisotopic (exact) mass is 254 g/mol. The van der Waals surface area contributed by atoms with Crippen LogP contribution < -0.4 is 10.1 Å². The molecule has 1 aromatic carbocycles. The fourth-order valence-electron chi connectivity index (χ4n) is 2.33. The highest BCUT2D eigenvalue weighted by Gasteiger charge is 2.22. The van der Waals surface area contributed by atoms with E-state index in [1.165, 1.54) is 19.2 Å². The highest BCUT2D eigenvalue weighted by atomic mass is 19.1. The average Bonchev–Trinajstić information content (AvgIpc) is 2.41. The number of phenols is 1. The van der Waals surface area contributed by atoms with Crippen LogP contribution in [0.5, 0.6) is 11.5 Å². The van der Waals surface area contributed by atoms with Crippen LogP contribution in [-0.4, -0.2) is 43.3 Å². The largest absolute Gasteiger partial charge is 0.504 e. The zero-order valence-electron chi connectivity index (χ0n) is 10.7. The van der Waals surface area contributed by atoms with Crippen LogP contribution in [0, 0.1) is 5.82 Å². The summed E-state index contributed by atoms with van der Waals surface area (Å²) in [5.41, 5.74) is 0.578. The summed E-state index contributed by atoms with van der Waals surface area (Å²) in [7, 11) is 1.42. The molecule has 1 saturated heterocycles. The molecule has 100 valence electrons. The maximum atomic E-state index is 13.5. The molecule has 1 atom stereocenters. The van der Waals surface area contributed by atoms with Crippen molar-refractivity contribution in [3.05, 3.63) is 23.5 Å². The summed E-state index contributed by atoms with van der Waals surface area (Å²) in [6.45, 7) is 5.58. The first kappa shape index (κ1) is 13.1. The lowest BCUT2D eigenvalue weighted by atomic mass is 10.0. The Bertz CT molecular complexity index is 420. The van der Waals surface area contributed by atoms with Crippen LogP contribution >= 0.6 is 0 Å². The van der Waals surface area contributed by atoms with E-state index in [0.717, 1.165) is 26.2 Å². The lowest BCUT2D eigenvalue weighted by molar-refractivity contribution is 0.182. The Balaban J connectivity index is 2.28. The van der Waals surface area contributed by atoms with Crippen molar-refractivity contribution in [2.75, 3.05) is 33.3 Å². The highest BCUT2D eigenvalue weighted by Crippen LogP contribution is 2.36. The highest BCUT2D eigenvalue weighted by molar-refractivity contribution is 5.47. The molecule has 1 aromatic rings. The summed E-state index contributed by atoms with van der Waals surface area (Å²) >= 11 is 0. The van der Waals surface area contributed by atoms with E-state index in [1.807, 2.05) is 6.92 Å². The molecule has 2 rings (SSSR count). The van der Waals surface area contributed by atoms with Gasteiger partial charge in [-0.05, 0) is 13.0 Å². The third-order valence-electron chi connectivity index (χ3n) is 3.44. The van der Waals surface area contributed by atoms with Crippen LogP contribution in [0.2, 0.25) is 0 Å². The van der Waals surface area contributed by atoms with Gasteiger partial charge in [0, 0.05) is 43.9 Å². The normalized spacial score (nSPS) is 18.6. The van der Waals surface area contributed by atoms with Crippen molar-refractivity contribution < 1.29 is 14.2 Å². The van der Waals surface area contributed by atoms with Gasteiger partial charge in [0.2, 0.25) is 0 Å². The van der Waals surface area contributed by atoms with Gasteiger partial charge in [0.25, 0.3) is 0 Å². The number of rotatable bonds is 3. The lowest BCUT2D eigenvalue weighted by Gasteiger charge is -2.33. The molecule has 0 bridgehead atoms. The predicted molar refractivity (Wildman–Crippen MR) is 67.5 cm³/mol. The summed E-state index contributed by atoms with van der Waals surface area (Å²) in [6, 6.07) is 2.55. The number of nitrogens with zero attached hydrogens (tertiary/aromatic N) is 1. The second kappa shape index (κ2) is 5.54. The van der Waals surface area contributed by atoms with Crippen LogP contribution in [0.3, 0.4) is 0 Å². The molecular weight excluding hydrogens is 235 g/mol. The molecule has 0 aromatic heterocycles. The maximum Gasteiger partial charge on any atom is 0.163 e. The number of benzene rings is 1. The topological polar surface area (TPSA) is 44.7 Å². The van der Waals surface area contributed by atoms with E-state index in [0.29, 0.717) is 5.56 Å². The number of hydrogen-bond donors (Lipinski definition) is 2. The number of piperazine rings is 1. The molecule has 1 aliphatic heterocycles. The van der Waals surface area contributed by atoms with Crippen LogP contribution in [0.25, 0.3) is 0 Å². The second-order valence-electron chi connectivity index (χ2n) is 4.51. The van der Waals surface area contributed by atoms with Gasteiger partial charge < -0.3 is 15.2 Å². The van der Waals surface area contributed by atoms with Crippen molar-refractivity contribution in [3.8, 4) is 11.5 Å². The summed E-state index contributed by atoms with van der Waals surface area (Å²) in [4.78, 5) is 2.21. The first-order valence-electron chi connectivity index (χ1n) is 6.14. The van der Waals surface area contributed by atoms with Gasteiger partial charge in [-0.25, -0.2) is 4.39 Å². The van der Waals surface area contributed by atoms with Crippen molar-refractivity contribution >= 4 is 0 Å². The van der Waals surface area contributed by atoms with Gasteiger partial charge >= 0.3 is 0 Å². The molecule has 0 amide bonds. The third-order valence-corrected chi connectivity index (χ3v) is 3.44. The van der Waals surface area contributed by atoms with Gasteiger partial charge in [-0.15, -0.1) is 0 Å². The Labute approximate surface area is 106 Å². The molecule has 18 heavy (non-hydrogen) atoms. The van der Waals surface area contributed by atoms with Crippen LogP contribution in [-0.2, 0) is 0 Å². The van der Waals surface area contributed by atoms with Crippen LogP contribution in [0.15, 0.2) is 12.1 Å². The minimum Gasteiger partial charge on any atom is -0.504 e. The third kappa shape index (κ3) is 2.57. The summed E-state index contributed by atoms with van der Waals surface area (Å²) in [6.07, 6.45) is 0. The number of halogens is 1. The smallest absolute Gasteiger partial charge is 0.163 e. The maximum absolute atomic E-state index is 13.5. The minimum absolute atomic E-state index is 0.0308. The van der Waals surface area contributed by atoms with Crippen molar-refractivity contribution in [2.24, 2.45) is 0 Å². The summed E-state index contributed by atoms with van der Waals surface area (Å²) in [5, 5.41) is 13.3. The molecule has 0 unspecified atom stereocenters. The Kier molecular flexibility index (Phi) is 4.04. The SMILES string of the molecule is COc1cc(F)cc([C@H](C)N2CCNCC2)c1O. The van der Waals surface area contributed by atoms with Gasteiger partial charge in [-0.2, -0.15) is 0 Å². The lowest BCUT2D eigenvalue weighted by Crippen LogP contribution is -2.44. The van der Waals surface area contributed by atoms with E-state index in [2.05, 4.69) is 10.2 Å². The number of hydrogen-bond acceptors (Lipinski definition) is 4. The number of phenolic OH excluding ortho intramolecular Hbond substituents is 1. The van der Waals surface area contributed by atoms with Crippen LogP contribution in [0.1, 0.15) is 18.5 Å². The molecule has 5 heteroatoms. The molecule has 1 fully saturated rings. The summed E-state index contributed by atoms with van der Waals surface area (Å²) in [5.74, 6) is -0.168. The van der Waals surface area contributed by atoms with Crippen molar-refractivity contribution in [1.29, 1.82) is 0 Å². The molecule has 1 heterocycles. The van der Waals surface area contributed by atoms with Gasteiger partial charge in [0.1, 0.15) is 5.82 Å². The Hall–Kier alpha value is -1.33. The fraction of sp³-hybridized carbons (Fsp3) is 0.538. The number of methoxy groups -OCH3 is 1. The van der Waals surface area contributed by atoms with E-state index in [-0.39, 0.29) is 23.4 Å². The average molecular weight is 254 g/mol. The standard InChI is InChI=1S/C13H19FN2O2/c1-9(16-5-3-15-4-6-16)11-7-10(14)8-12(18-2)13(11)17/h7-9,15,17H,3-6H2,1-2H3/t9-/m0/s1. The fourth-order valence-corrected chi connectivity index (χ4v) is 2.33. The summed E-state index contributed by atoms with van der Waals surface area (Å²) < 4.78 is 18.5. The first-order chi connectivity index (χ1) is 8.63. The molecule has 0 saturated carbocycles.